The van der Waals surface area contributed by atoms with Crippen LogP contribution in [-0.2, 0) is 13.9 Å². The van der Waals surface area contributed by atoms with E-state index in [1.165, 1.54) is 0 Å². The lowest BCUT2D eigenvalue weighted by Crippen LogP contribution is -2.46. The van der Waals surface area contributed by atoms with E-state index in [4.69, 9.17) is 13.9 Å². The standard InChI is InChI=1S/C26H56O4Si/c1-14-19(4)25(29-11)21(6)22(27)16-15-20(5)24(28-10)17-23(18(2)3)30-31(12,13)26(7,8)9/h18-25,27H,14-17H2,1-13H3/t19-,20+,21+,22-,23+,24+,25-/m1/s1. The van der Waals surface area contributed by atoms with Crippen LogP contribution in [0.1, 0.15) is 88.0 Å². The summed E-state index contributed by atoms with van der Waals surface area (Å²) in [5.41, 5.74) is 0. The zero-order valence-corrected chi connectivity index (χ0v) is 24.1. The SMILES string of the molecule is CC[C@@H](C)[C@@H](OC)[C@@H](C)[C@H](O)CC[C@H](C)[C@H](C[C@H](O[Si](C)(C)C(C)(C)C)C(C)C)OC. The Bertz CT molecular complexity index is 475. The van der Waals surface area contributed by atoms with E-state index in [1.807, 2.05) is 7.11 Å². The van der Waals surface area contributed by atoms with E-state index < -0.39 is 8.32 Å². The normalized spacial score (nSPS) is 20.2. The highest BCUT2D eigenvalue weighted by atomic mass is 28.4. The van der Waals surface area contributed by atoms with Crippen LogP contribution in [0.15, 0.2) is 0 Å². The molecule has 7 atom stereocenters. The largest absolute Gasteiger partial charge is 0.414 e. The molecule has 31 heavy (non-hydrogen) atoms. The zero-order chi connectivity index (χ0) is 24.6. The van der Waals surface area contributed by atoms with Gasteiger partial charge in [-0.25, -0.2) is 0 Å². The predicted octanol–water partition coefficient (Wildman–Crippen LogP) is 6.91. The molecule has 0 aliphatic rings. The molecule has 0 fully saturated rings. The lowest BCUT2D eigenvalue weighted by molar-refractivity contribution is -0.0425. The highest BCUT2D eigenvalue weighted by Crippen LogP contribution is 2.39. The first-order valence-corrected chi connectivity index (χ1v) is 15.4. The van der Waals surface area contributed by atoms with Crippen LogP contribution in [0.5, 0.6) is 0 Å². The van der Waals surface area contributed by atoms with Crippen LogP contribution in [0.4, 0.5) is 0 Å². The van der Waals surface area contributed by atoms with Crippen molar-refractivity contribution in [1.82, 2.24) is 0 Å². The molecule has 0 aliphatic heterocycles. The van der Waals surface area contributed by atoms with E-state index in [0.717, 1.165) is 25.7 Å². The molecule has 0 aromatic carbocycles. The average molecular weight is 461 g/mol. The first-order chi connectivity index (χ1) is 14.1. The summed E-state index contributed by atoms with van der Waals surface area (Å²) in [6.45, 7) is 24.8. The molecule has 0 saturated carbocycles. The van der Waals surface area contributed by atoms with Gasteiger partial charge in [-0.1, -0.05) is 68.7 Å². The Morgan fingerprint density at radius 3 is 1.77 bits per heavy atom. The molecule has 0 aromatic heterocycles. The number of methoxy groups -OCH3 is 2. The number of ether oxygens (including phenoxy) is 2. The van der Waals surface area contributed by atoms with Gasteiger partial charge in [-0.05, 0) is 55.1 Å². The molecule has 1 N–H and O–H groups in total. The molecule has 0 bridgehead atoms. The molecular formula is C26H56O4Si. The fraction of sp³-hybridized carbons (Fsp3) is 1.00. The first-order valence-electron chi connectivity index (χ1n) is 12.5. The van der Waals surface area contributed by atoms with Crippen LogP contribution in [-0.4, -0.2) is 52.1 Å². The molecular weight excluding hydrogens is 404 g/mol. The highest BCUT2D eigenvalue weighted by molar-refractivity contribution is 6.74. The second kappa shape index (κ2) is 13.7. The quantitative estimate of drug-likeness (QED) is 0.270. The summed E-state index contributed by atoms with van der Waals surface area (Å²) in [5.74, 6) is 1.37. The molecule has 0 heterocycles. The Labute approximate surface area is 196 Å². The Balaban J connectivity index is 5.03. The summed E-state index contributed by atoms with van der Waals surface area (Å²) in [6.07, 6.45) is 3.73. The maximum absolute atomic E-state index is 10.8. The van der Waals surface area contributed by atoms with E-state index in [2.05, 4.69) is 75.4 Å². The molecule has 0 saturated heterocycles. The molecule has 0 amide bonds. The predicted molar refractivity (Wildman–Crippen MR) is 136 cm³/mol. The lowest BCUT2D eigenvalue weighted by Gasteiger charge is -2.41. The van der Waals surface area contributed by atoms with Gasteiger partial charge in [-0.3, -0.25) is 0 Å². The van der Waals surface area contributed by atoms with Crippen molar-refractivity contribution in [2.45, 2.75) is 131 Å². The summed E-state index contributed by atoms with van der Waals surface area (Å²) >= 11 is 0. The molecule has 0 radical (unpaired) electrons. The maximum atomic E-state index is 10.8. The van der Waals surface area contributed by atoms with Crippen LogP contribution in [0.25, 0.3) is 0 Å². The molecule has 4 nitrogen and oxygen atoms in total. The zero-order valence-electron chi connectivity index (χ0n) is 23.1. The third-order valence-electron chi connectivity index (χ3n) is 7.92. The van der Waals surface area contributed by atoms with Crippen LogP contribution in [0, 0.1) is 23.7 Å². The minimum atomic E-state index is -1.84. The van der Waals surface area contributed by atoms with Gasteiger partial charge < -0.3 is 19.0 Å². The summed E-state index contributed by atoms with van der Waals surface area (Å²) in [5, 5.41) is 11.0. The molecule has 188 valence electrons. The van der Waals surface area contributed by atoms with E-state index in [9.17, 15) is 5.11 Å². The summed E-state index contributed by atoms with van der Waals surface area (Å²) in [7, 11) is 1.74. The fourth-order valence-corrected chi connectivity index (χ4v) is 5.58. The Kier molecular flexibility index (Phi) is 13.7. The van der Waals surface area contributed by atoms with Gasteiger partial charge in [0.15, 0.2) is 8.32 Å². The lowest BCUT2D eigenvalue weighted by atomic mass is 9.84. The molecule has 0 aliphatic carbocycles. The van der Waals surface area contributed by atoms with Crippen LogP contribution < -0.4 is 0 Å². The van der Waals surface area contributed by atoms with Gasteiger partial charge in [0.1, 0.15) is 0 Å². The van der Waals surface area contributed by atoms with E-state index in [1.54, 1.807) is 7.11 Å². The first kappa shape index (κ1) is 31.1. The van der Waals surface area contributed by atoms with Gasteiger partial charge in [0.2, 0.25) is 0 Å². The minimum Gasteiger partial charge on any atom is -0.414 e. The third-order valence-corrected chi connectivity index (χ3v) is 12.4. The van der Waals surface area contributed by atoms with Crippen molar-refractivity contribution < 1.29 is 19.0 Å². The molecule has 0 aromatic rings. The summed E-state index contributed by atoms with van der Waals surface area (Å²) < 4.78 is 18.4. The second-order valence-electron chi connectivity index (χ2n) is 11.7. The summed E-state index contributed by atoms with van der Waals surface area (Å²) in [4.78, 5) is 0. The van der Waals surface area contributed by atoms with Crippen molar-refractivity contribution in [2.24, 2.45) is 23.7 Å². The number of aliphatic hydroxyl groups excluding tert-OH is 1. The fourth-order valence-electron chi connectivity index (χ4n) is 4.10. The van der Waals surface area contributed by atoms with Gasteiger partial charge in [0.05, 0.1) is 18.3 Å². The topological polar surface area (TPSA) is 47.9 Å². The Morgan fingerprint density at radius 1 is 0.839 bits per heavy atom. The van der Waals surface area contributed by atoms with Crippen molar-refractivity contribution >= 4 is 8.32 Å². The number of hydrogen-bond donors (Lipinski definition) is 1. The van der Waals surface area contributed by atoms with E-state index >= 15 is 0 Å². The van der Waals surface area contributed by atoms with Crippen LogP contribution >= 0.6 is 0 Å². The van der Waals surface area contributed by atoms with Crippen LogP contribution in [0.2, 0.25) is 18.1 Å². The Hall–Kier alpha value is 0.0569. The van der Waals surface area contributed by atoms with Gasteiger partial charge >= 0.3 is 0 Å². The highest BCUT2D eigenvalue weighted by Gasteiger charge is 2.40. The van der Waals surface area contributed by atoms with Gasteiger partial charge in [0.25, 0.3) is 0 Å². The second-order valence-corrected chi connectivity index (χ2v) is 16.5. The molecule has 0 spiro atoms. The summed E-state index contributed by atoms with van der Waals surface area (Å²) in [6, 6.07) is 0. The van der Waals surface area contributed by atoms with Crippen molar-refractivity contribution in [3.8, 4) is 0 Å². The van der Waals surface area contributed by atoms with Crippen molar-refractivity contribution in [3.63, 3.8) is 0 Å². The monoisotopic (exact) mass is 460 g/mol. The average Bonchev–Trinajstić information content (AvgIpc) is 2.67. The molecule has 5 heteroatoms. The van der Waals surface area contributed by atoms with Gasteiger partial charge in [0, 0.05) is 26.2 Å². The van der Waals surface area contributed by atoms with Crippen molar-refractivity contribution in [3.05, 3.63) is 0 Å². The maximum Gasteiger partial charge on any atom is 0.192 e. The van der Waals surface area contributed by atoms with Gasteiger partial charge in [-0.2, -0.15) is 0 Å². The van der Waals surface area contributed by atoms with E-state index in [0.29, 0.717) is 17.8 Å². The molecule has 0 unspecified atom stereocenters. The number of hydrogen-bond acceptors (Lipinski definition) is 4. The Morgan fingerprint density at radius 2 is 1.39 bits per heavy atom. The smallest absolute Gasteiger partial charge is 0.192 e. The van der Waals surface area contributed by atoms with Crippen LogP contribution in [0.3, 0.4) is 0 Å². The van der Waals surface area contributed by atoms with E-state index in [-0.39, 0.29) is 35.4 Å². The minimum absolute atomic E-state index is 0.0943. The third kappa shape index (κ3) is 9.83. The van der Waals surface area contributed by atoms with Crippen molar-refractivity contribution in [2.75, 3.05) is 14.2 Å². The molecule has 0 rings (SSSR count). The van der Waals surface area contributed by atoms with Gasteiger partial charge in [-0.15, -0.1) is 0 Å². The number of aliphatic hydroxyl groups is 1. The van der Waals surface area contributed by atoms with Crippen molar-refractivity contribution in [1.29, 1.82) is 0 Å². The number of rotatable bonds is 15.